The molecular weight excluding hydrogens is 490 g/mol. The highest BCUT2D eigenvalue weighted by Crippen LogP contribution is 2.30. The molecule has 0 aliphatic rings. The SMILES string of the molecule is N#Cc1cccc(C/C(=N\NC(=O)Nc2ccc(OC(F)(F)F)cc2)c2cccc(C(F)(F)F)c2)c1. The van der Waals surface area contributed by atoms with Gasteiger partial charge < -0.3 is 10.1 Å². The third kappa shape index (κ3) is 7.76. The Hall–Kier alpha value is -4.53. The monoisotopic (exact) mass is 506 g/mol. The normalized spacial score (nSPS) is 12.0. The second-order valence-electron chi connectivity index (χ2n) is 7.26. The number of rotatable bonds is 6. The first kappa shape index (κ1) is 26.1. The van der Waals surface area contributed by atoms with Crippen molar-refractivity contribution in [3.8, 4) is 11.8 Å². The van der Waals surface area contributed by atoms with Gasteiger partial charge in [-0.25, -0.2) is 10.2 Å². The maximum absolute atomic E-state index is 13.2. The Morgan fingerprint density at radius 2 is 1.64 bits per heavy atom. The van der Waals surface area contributed by atoms with Gasteiger partial charge in [-0.2, -0.15) is 23.5 Å². The standard InChI is InChI=1S/C24H16F6N4O2/c25-23(26,27)18-6-2-5-17(13-18)21(12-15-3-1-4-16(11-15)14-31)33-34-22(35)32-19-7-9-20(10-8-19)36-24(28,29)30/h1-11,13H,12H2,(H2,32,34,35)/b33-21+. The Morgan fingerprint density at radius 3 is 2.28 bits per heavy atom. The van der Waals surface area contributed by atoms with E-state index < -0.39 is 29.9 Å². The molecule has 0 radical (unpaired) electrons. The number of urea groups is 1. The van der Waals surface area contributed by atoms with Gasteiger partial charge >= 0.3 is 18.6 Å². The number of hydrogen-bond acceptors (Lipinski definition) is 4. The number of nitrogens with zero attached hydrogens (tertiary/aromatic N) is 2. The van der Waals surface area contributed by atoms with Crippen LogP contribution in [0.2, 0.25) is 0 Å². The van der Waals surface area contributed by atoms with Crippen LogP contribution in [0, 0.1) is 11.3 Å². The van der Waals surface area contributed by atoms with E-state index >= 15 is 0 Å². The number of nitriles is 1. The minimum absolute atomic E-state index is 0.0133. The van der Waals surface area contributed by atoms with Crippen LogP contribution in [-0.4, -0.2) is 18.1 Å². The van der Waals surface area contributed by atoms with Crippen LogP contribution in [0.25, 0.3) is 0 Å². The lowest BCUT2D eigenvalue weighted by Gasteiger charge is -2.12. The third-order valence-electron chi connectivity index (χ3n) is 4.59. The number of alkyl halides is 6. The molecule has 0 aliphatic heterocycles. The number of hydrogen-bond donors (Lipinski definition) is 2. The van der Waals surface area contributed by atoms with Crippen LogP contribution in [0.4, 0.5) is 36.8 Å². The molecule has 0 spiro atoms. The van der Waals surface area contributed by atoms with Gasteiger partial charge in [0.05, 0.1) is 22.9 Å². The number of carbonyl (C=O) groups is 1. The number of anilines is 1. The van der Waals surface area contributed by atoms with E-state index in [0.717, 1.165) is 36.4 Å². The Labute approximate surface area is 200 Å². The predicted molar refractivity (Wildman–Crippen MR) is 118 cm³/mol. The zero-order valence-corrected chi connectivity index (χ0v) is 18.1. The van der Waals surface area contributed by atoms with Gasteiger partial charge in [0.1, 0.15) is 5.75 Å². The molecule has 3 rings (SSSR count). The van der Waals surface area contributed by atoms with E-state index in [2.05, 4.69) is 20.6 Å². The molecule has 0 aromatic heterocycles. The van der Waals surface area contributed by atoms with Crippen LogP contribution in [0.1, 0.15) is 22.3 Å². The number of amides is 2. The van der Waals surface area contributed by atoms with Crippen LogP contribution < -0.4 is 15.5 Å². The van der Waals surface area contributed by atoms with E-state index in [0.29, 0.717) is 11.1 Å². The average Bonchev–Trinajstić information content (AvgIpc) is 2.82. The lowest BCUT2D eigenvalue weighted by molar-refractivity contribution is -0.274. The maximum atomic E-state index is 13.2. The van der Waals surface area contributed by atoms with E-state index in [-0.39, 0.29) is 23.4 Å². The molecule has 3 aromatic rings. The molecule has 6 nitrogen and oxygen atoms in total. The lowest BCUT2D eigenvalue weighted by Crippen LogP contribution is -2.26. The van der Waals surface area contributed by atoms with Gasteiger partial charge in [0.15, 0.2) is 0 Å². The number of halogens is 6. The number of carbonyl (C=O) groups excluding carboxylic acids is 1. The highest BCUT2D eigenvalue weighted by molar-refractivity contribution is 6.03. The summed E-state index contributed by atoms with van der Waals surface area (Å²) in [5.41, 5.74) is 2.42. The van der Waals surface area contributed by atoms with E-state index in [9.17, 15) is 31.1 Å². The molecular formula is C24H16F6N4O2. The molecule has 0 saturated heterocycles. The summed E-state index contributed by atoms with van der Waals surface area (Å²) < 4.78 is 80.1. The highest BCUT2D eigenvalue weighted by atomic mass is 19.4. The van der Waals surface area contributed by atoms with Crippen molar-refractivity contribution in [2.24, 2.45) is 5.10 Å². The molecule has 3 aromatic carbocycles. The summed E-state index contributed by atoms with van der Waals surface area (Å²) in [6, 6.07) is 16.1. The average molecular weight is 506 g/mol. The summed E-state index contributed by atoms with van der Waals surface area (Å²) in [7, 11) is 0. The Bertz CT molecular complexity index is 1300. The van der Waals surface area contributed by atoms with Gasteiger partial charge in [-0.1, -0.05) is 24.3 Å². The van der Waals surface area contributed by atoms with Crippen molar-refractivity contribution in [2.75, 3.05) is 5.32 Å². The van der Waals surface area contributed by atoms with Gasteiger partial charge in [0.2, 0.25) is 0 Å². The number of benzene rings is 3. The topological polar surface area (TPSA) is 86.5 Å². The van der Waals surface area contributed by atoms with Crippen molar-refractivity contribution in [2.45, 2.75) is 19.0 Å². The second kappa shape index (κ2) is 10.8. The molecule has 0 atom stereocenters. The van der Waals surface area contributed by atoms with Crippen molar-refractivity contribution in [3.05, 3.63) is 95.1 Å². The Balaban J connectivity index is 1.81. The minimum atomic E-state index is -4.87. The predicted octanol–water partition coefficient (Wildman–Crippen LogP) is 6.24. The molecule has 2 N–H and O–H groups in total. The molecule has 0 heterocycles. The van der Waals surface area contributed by atoms with Crippen LogP contribution in [-0.2, 0) is 12.6 Å². The number of hydrazone groups is 1. The Kier molecular flexibility index (Phi) is 7.83. The zero-order valence-electron chi connectivity index (χ0n) is 18.1. The van der Waals surface area contributed by atoms with E-state index in [1.165, 1.54) is 18.2 Å². The molecule has 12 heteroatoms. The van der Waals surface area contributed by atoms with Crippen LogP contribution >= 0.6 is 0 Å². The summed E-state index contributed by atoms with van der Waals surface area (Å²) in [4.78, 5) is 12.3. The van der Waals surface area contributed by atoms with Gasteiger partial charge in [0.25, 0.3) is 0 Å². The molecule has 0 fully saturated rings. The van der Waals surface area contributed by atoms with Crippen molar-refractivity contribution in [3.63, 3.8) is 0 Å². The van der Waals surface area contributed by atoms with E-state index in [4.69, 9.17) is 5.26 Å². The van der Waals surface area contributed by atoms with Crippen molar-refractivity contribution in [1.82, 2.24) is 5.43 Å². The van der Waals surface area contributed by atoms with Gasteiger partial charge in [0, 0.05) is 12.1 Å². The summed E-state index contributed by atoms with van der Waals surface area (Å²) in [5.74, 6) is -0.488. The lowest BCUT2D eigenvalue weighted by atomic mass is 9.99. The van der Waals surface area contributed by atoms with E-state index in [1.54, 1.807) is 18.2 Å². The molecule has 0 unspecified atom stereocenters. The number of nitrogens with one attached hydrogen (secondary N) is 2. The molecule has 0 saturated carbocycles. The molecule has 36 heavy (non-hydrogen) atoms. The van der Waals surface area contributed by atoms with Crippen LogP contribution in [0.3, 0.4) is 0 Å². The molecule has 2 amide bonds. The van der Waals surface area contributed by atoms with Crippen molar-refractivity contribution < 1.29 is 35.9 Å². The smallest absolute Gasteiger partial charge is 0.406 e. The number of ether oxygens (including phenoxy) is 1. The maximum Gasteiger partial charge on any atom is 0.573 e. The summed E-state index contributed by atoms with van der Waals surface area (Å²) >= 11 is 0. The first-order valence-corrected chi connectivity index (χ1v) is 10.1. The Morgan fingerprint density at radius 1 is 0.944 bits per heavy atom. The third-order valence-corrected chi connectivity index (χ3v) is 4.59. The van der Waals surface area contributed by atoms with Crippen LogP contribution in [0.5, 0.6) is 5.75 Å². The summed E-state index contributed by atoms with van der Waals surface area (Å²) in [5, 5.41) is 15.4. The van der Waals surface area contributed by atoms with Crippen molar-refractivity contribution in [1.29, 1.82) is 5.26 Å². The summed E-state index contributed by atoms with van der Waals surface area (Å²) in [6.07, 6.45) is -9.48. The molecule has 186 valence electrons. The molecule has 0 aliphatic carbocycles. The highest BCUT2D eigenvalue weighted by Gasteiger charge is 2.31. The van der Waals surface area contributed by atoms with E-state index in [1.807, 2.05) is 6.07 Å². The largest absolute Gasteiger partial charge is 0.573 e. The van der Waals surface area contributed by atoms with Gasteiger partial charge in [-0.05, 0) is 59.7 Å². The quantitative estimate of drug-likeness (QED) is 0.236. The minimum Gasteiger partial charge on any atom is -0.406 e. The fourth-order valence-corrected chi connectivity index (χ4v) is 3.04. The van der Waals surface area contributed by atoms with Crippen molar-refractivity contribution >= 4 is 17.4 Å². The second-order valence-corrected chi connectivity index (χ2v) is 7.26. The first-order valence-electron chi connectivity index (χ1n) is 10.1. The van der Waals surface area contributed by atoms with Gasteiger partial charge in [-0.3, -0.25) is 0 Å². The zero-order chi connectivity index (χ0) is 26.3. The van der Waals surface area contributed by atoms with Gasteiger partial charge in [-0.15, -0.1) is 13.2 Å². The fraction of sp³-hybridized carbons (Fsp3) is 0.125. The summed E-state index contributed by atoms with van der Waals surface area (Å²) in [6.45, 7) is 0. The molecule has 0 bridgehead atoms. The first-order chi connectivity index (χ1) is 16.9. The fourth-order valence-electron chi connectivity index (χ4n) is 3.04. The van der Waals surface area contributed by atoms with Crippen LogP contribution in [0.15, 0.2) is 77.9 Å².